The minimum Gasteiger partial charge on any atom is -0.495 e. The number of ether oxygens (including phenoxy) is 3. The average Bonchev–Trinajstić information content (AvgIpc) is 2.74. The van der Waals surface area contributed by atoms with Gasteiger partial charge in [-0.25, -0.2) is 0 Å². The van der Waals surface area contributed by atoms with Gasteiger partial charge < -0.3 is 19.5 Å². The van der Waals surface area contributed by atoms with E-state index in [-0.39, 0.29) is 12.5 Å². The van der Waals surface area contributed by atoms with Crippen molar-refractivity contribution in [2.45, 2.75) is 6.42 Å². The summed E-state index contributed by atoms with van der Waals surface area (Å²) in [6.45, 7) is -0.139. The molecule has 0 radical (unpaired) electrons. The number of hydrogen-bond donors (Lipinski definition) is 1. The predicted molar refractivity (Wildman–Crippen MR) is 114 cm³/mol. The first kappa shape index (κ1) is 20.6. The summed E-state index contributed by atoms with van der Waals surface area (Å²) in [7, 11) is 3.01. The summed E-state index contributed by atoms with van der Waals surface area (Å²) in [5.74, 6) is 1.24. The smallest absolute Gasteiger partial charge is 0.262 e. The van der Waals surface area contributed by atoms with Gasteiger partial charge in [-0.2, -0.15) is 0 Å². The molecule has 0 saturated carbocycles. The van der Waals surface area contributed by atoms with Crippen LogP contribution in [0.25, 0.3) is 0 Å². The Morgan fingerprint density at radius 2 is 1.59 bits per heavy atom. The Morgan fingerprint density at radius 1 is 0.897 bits per heavy atom. The molecule has 0 fully saturated rings. The second-order valence-corrected chi connectivity index (χ2v) is 6.70. The Labute approximate surface area is 175 Å². The van der Waals surface area contributed by atoms with E-state index in [0.29, 0.717) is 28.0 Å². The molecule has 0 atom stereocenters. The molecule has 6 heteroatoms. The first-order valence-electron chi connectivity index (χ1n) is 9.06. The van der Waals surface area contributed by atoms with E-state index in [1.807, 2.05) is 42.5 Å². The van der Waals surface area contributed by atoms with E-state index in [4.69, 9.17) is 25.8 Å². The van der Waals surface area contributed by atoms with Crippen molar-refractivity contribution in [2.24, 2.45) is 0 Å². The van der Waals surface area contributed by atoms with Crippen LogP contribution in [0.2, 0.25) is 5.02 Å². The number of hydrogen-bond acceptors (Lipinski definition) is 4. The highest BCUT2D eigenvalue weighted by molar-refractivity contribution is 6.32. The van der Waals surface area contributed by atoms with Crippen molar-refractivity contribution in [3.8, 4) is 17.2 Å². The SMILES string of the molecule is COc1cc(NC(=O)COc2ccccc2Cc2ccccc2)c(OC)cc1Cl. The molecule has 0 aliphatic heterocycles. The number of amides is 1. The lowest BCUT2D eigenvalue weighted by Gasteiger charge is -2.14. The first-order valence-corrected chi connectivity index (χ1v) is 9.44. The molecule has 0 aliphatic carbocycles. The Morgan fingerprint density at radius 3 is 2.31 bits per heavy atom. The van der Waals surface area contributed by atoms with Crippen molar-refractivity contribution >= 4 is 23.2 Å². The Hall–Kier alpha value is -3.18. The van der Waals surface area contributed by atoms with Crippen molar-refractivity contribution in [3.05, 3.63) is 82.9 Å². The van der Waals surface area contributed by atoms with Gasteiger partial charge in [0.1, 0.15) is 17.2 Å². The monoisotopic (exact) mass is 411 g/mol. The molecule has 0 aliphatic rings. The van der Waals surface area contributed by atoms with Gasteiger partial charge in [-0.15, -0.1) is 0 Å². The molecule has 5 nitrogen and oxygen atoms in total. The third kappa shape index (κ3) is 5.42. The van der Waals surface area contributed by atoms with Crippen LogP contribution in [-0.4, -0.2) is 26.7 Å². The Balaban J connectivity index is 1.67. The highest BCUT2D eigenvalue weighted by Gasteiger charge is 2.14. The third-order valence-electron chi connectivity index (χ3n) is 4.32. The van der Waals surface area contributed by atoms with Crippen LogP contribution in [0.15, 0.2) is 66.7 Å². The summed E-state index contributed by atoms with van der Waals surface area (Å²) >= 11 is 6.10. The van der Waals surface area contributed by atoms with Gasteiger partial charge in [0.05, 0.1) is 24.9 Å². The van der Waals surface area contributed by atoms with Crippen molar-refractivity contribution in [3.63, 3.8) is 0 Å². The zero-order valence-corrected chi connectivity index (χ0v) is 17.0. The maximum Gasteiger partial charge on any atom is 0.262 e. The zero-order valence-electron chi connectivity index (χ0n) is 16.3. The maximum atomic E-state index is 12.4. The minimum absolute atomic E-state index is 0.139. The minimum atomic E-state index is -0.317. The molecule has 29 heavy (non-hydrogen) atoms. The lowest BCUT2D eigenvalue weighted by Crippen LogP contribution is -2.21. The van der Waals surface area contributed by atoms with E-state index in [1.165, 1.54) is 19.8 Å². The molecule has 0 bridgehead atoms. The van der Waals surface area contributed by atoms with Crippen LogP contribution in [-0.2, 0) is 11.2 Å². The van der Waals surface area contributed by atoms with Crippen LogP contribution in [0.4, 0.5) is 5.69 Å². The van der Waals surface area contributed by atoms with Crippen LogP contribution in [0.5, 0.6) is 17.2 Å². The zero-order chi connectivity index (χ0) is 20.6. The fourth-order valence-corrected chi connectivity index (χ4v) is 3.12. The largest absolute Gasteiger partial charge is 0.495 e. The molecule has 0 aromatic heterocycles. The normalized spacial score (nSPS) is 10.3. The van der Waals surface area contributed by atoms with Gasteiger partial charge in [0.2, 0.25) is 0 Å². The van der Waals surface area contributed by atoms with Crippen molar-refractivity contribution in [1.29, 1.82) is 0 Å². The second-order valence-electron chi connectivity index (χ2n) is 6.29. The molecule has 3 rings (SSSR count). The van der Waals surface area contributed by atoms with Crippen LogP contribution >= 0.6 is 11.6 Å². The number of carbonyl (C=O) groups excluding carboxylic acids is 1. The van der Waals surface area contributed by atoms with Gasteiger partial charge in [-0.05, 0) is 17.2 Å². The van der Waals surface area contributed by atoms with Crippen molar-refractivity contribution < 1.29 is 19.0 Å². The second kappa shape index (κ2) is 9.85. The van der Waals surface area contributed by atoms with Gasteiger partial charge in [-0.1, -0.05) is 60.1 Å². The molecule has 0 saturated heterocycles. The molecule has 1 amide bonds. The fourth-order valence-electron chi connectivity index (χ4n) is 2.89. The summed E-state index contributed by atoms with van der Waals surface area (Å²) in [4.78, 5) is 12.4. The molecule has 150 valence electrons. The van der Waals surface area contributed by atoms with Gasteiger partial charge >= 0.3 is 0 Å². The van der Waals surface area contributed by atoms with E-state index in [9.17, 15) is 4.79 Å². The molecular formula is C23H22ClNO4. The lowest BCUT2D eigenvalue weighted by molar-refractivity contribution is -0.118. The summed E-state index contributed by atoms with van der Waals surface area (Å²) < 4.78 is 16.3. The van der Waals surface area contributed by atoms with Crippen LogP contribution in [0, 0.1) is 0 Å². The average molecular weight is 412 g/mol. The molecule has 1 N–H and O–H groups in total. The topological polar surface area (TPSA) is 56.8 Å². The fraction of sp³-hybridized carbons (Fsp3) is 0.174. The van der Waals surface area contributed by atoms with E-state index in [0.717, 1.165) is 12.0 Å². The number of anilines is 1. The number of nitrogens with one attached hydrogen (secondary N) is 1. The highest BCUT2D eigenvalue weighted by Crippen LogP contribution is 2.35. The van der Waals surface area contributed by atoms with E-state index >= 15 is 0 Å². The summed E-state index contributed by atoms with van der Waals surface area (Å²) in [5, 5.41) is 3.17. The van der Waals surface area contributed by atoms with Crippen LogP contribution < -0.4 is 19.5 Å². The van der Waals surface area contributed by atoms with Crippen molar-refractivity contribution in [2.75, 3.05) is 26.1 Å². The van der Waals surface area contributed by atoms with E-state index < -0.39 is 0 Å². The number of halogens is 1. The van der Waals surface area contributed by atoms with E-state index in [1.54, 1.807) is 12.1 Å². The molecule has 0 heterocycles. The van der Waals surface area contributed by atoms with Crippen molar-refractivity contribution in [1.82, 2.24) is 0 Å². The Bertz CT molecular complexity index is 976. The highest BCUT2D eigenvalue weighted by atomic mass is 35.5. The van der Waals surface area contributed by atoms with E-state index in [2.05, 4.69) is 17.4 Å². The number of methoxy groups -OCH3 is 2. The molecule has 0 unspecified atom stereocenters. The predicted octanol–water partition coefficient (Wildman–Crippen LogP) is 4.97. The number of benzene rings is 3. The van der Waals surface area contributed by atoms with Crippen LogP contribution in [0.3, 0.4) is 0 Å². The van der Waals surface area contributed by atoms with Gasteiger partial charge in [0.15, 0.2) is 6.61 Å². The number of rotatable bonds is 8. The molecule has 3 aromatic carbocycles. The summed E-state index contributed by atoms with van der Waals surface area (Å²) in [6.07, 6.45) is 0.723. The summed E-state index contributed by atoms with van der Waals surface area (Å²) in [5.41, 5.74) is 2.64. The van der Waals surface area contributed by atoms with Gasteiger partial charge in [-0.3, -0.25) is 4.79 Å². The quantitative estimate of drug-likeness (QED) is 0.568. The number of carbonyl (C=O) groups is 1. The molecular weight excluding hydrogens is 390 g/mol. The molecule has 3 aromatic rings. The van der Waals surface area contributed by atoms with Gasteiger partial charge in [0, 0.05) is 18.6 Å². The third-order valence-corrected chi connectivity index (χ3v) is 4.61. The lowest BCUT2D eigenvalue weighted by atomic mass is 10.0. The number of para-hydroxylation sites is 1. The molecule has 0 spiro atoms. The van der Waals surface area contributed by atoms with Gasteiger partial charge in [0.25, 0.3) is 5.91 Å². The first-order chi connectivity index (χ1) is 14.1. The van der Waals surface area contributed by atoms with Crippen LogP contribution in [0.1, 0.15) is 11.1 Å². The Kier molecular flexibility index (Phi) is 6.98. The summed E-state index contributed by atoms with van der Waals surface area (Å²) in [6, 6.07) is 21.0. The standard InChI is InChI=1S/C23H22ClNO4/c1-27-21-14-19(22(28-2)13-18(21)24)25-23(26)15-29-20-11-7-6-10-17(20)12-16-8-4-3-5-9-16/h3-11,13-14H,12,15H2,1-2H3,(H,25,26). The maximum absolute atomic E-state index is 12.4.